The molecule has 6 nitrogen and oxygen atoms in total. The number of hydrogen-bond acceptors (Lipinski definition) is 5. The van der Waals surface area contributed by atoms with E-state index < -0.39 is 0 Å². The van der Waals surface area contributed by atoms with Gasteiger partial charge in [0.15, 0.2) is 16.6 Å². The van der Waals surface area contributed by atoms with Crippen LogP contribution in [0.1, 0.15) is 27.1 Å². The molecule has 0 unspecified atom stereocenters. The van der Waals surface area contributed by atoms with E-state index in [2.05, 4.69) is 40.8 Å². The Morgan fingerprint density at radius 2 is 1.86 bits per heavy atom. The molecule has 2 heterocycles. The Kier molecular flexibility index (Phi) is 8.28. The lowest BCUT2D eigenvalue weighted by Gasteiger charge is -2.25. The third-order valence-electron chi connectivity index (χ3n) is 6.34. The molecular weight excluding hydrogens is 490 g/mol. The van der Waals surface area contributed by atoms with Gasteiger partial charge < -0.3 is 24.7 Å². The number of thiocarbonyl (C=S) groups is 1. The first kappa shape index (κ1) is 25.7. The number of aromatic amines is 1. The lowest BCUT2D eigenvalue weighted by molar-refractivity contribution is 0.354. The molecule has 2 N–H and O–H groups in total. The average Bonchev–Trinajstić information content (AvgIpc) is 3.40. The van der Waals surface area contributed by atoms with Crippen molar-refractivity contribution < 1.29 is 9.47 Å². The highest BCUT2D eigenvalue weighted by atomic mass is 32.1. The topological polar surface area (TPSA) is 66.6 Å². The molecule has 2 aromatic heterocycles. The minimum atomic E-state index is -0.0829. The van der Waals surface area contributed by atoms with Crippen molar-refractivity contribution in [1.82, 2.24) is 15.2 Å². The van der Waals surface area contributed by atoms with Crippen LogP contribution in [-0.4, -0.2) is 35.8 Å². The number of hydrogen-bond donors (Lipinski definition) is 2. The standard InChI is InChI=1S/C28H31N3O3S2/c1-18-7-9-21-15-22(27(32)30-26(21)19(18)2)16-31(17-23-6-5-13-36-23)28(35)29-12-11-20-8-10-24(33-3)25(14-20)34-4/h5-10,13-15H,11-12,16-17H2,1-4H3,(H,29,35)(H,30,32). The summed E-state index contributed by atoms with van der Waals surface area (Å²) >= 11 is 7.47. The number of fused-ring (bicyclic) bond motifs is 1. The maximum atomic E-state index is 13.0. The summed E-state index contributed by atoms with van der Waals surface area (Å²) in [7, 11) is 3.26. The highest BCUT2D eigenvalue weighted by Gasteiger charge is 2.15. The number of nitrogens with one attached hydrogen (secondary N) is 2. The maximum absolute atomic E-state index is 13.0. The van der Waals surface area contributed by atoms with Gasteiger partial charge in [-0.05, 0) is 84.2 Å². The first-order valence-corrected chi connectivity index (χ1v) is 13.1. The Morgan fingerprint density at radius 3 is 2.58 bits per heavy atom. The van der Waals surface area contributed by atoms with Crippen molar-refractivity contribution in [2.45, 2.75) is 33.4 Å². The summed E-state index contributed by atoms with van der Waals surface area (Å²) in [5, 5.41) is 7.07. The van der Waals surface area contributed by atoms with Gasteiger partial charge in [-0.3, -0.25) is 4.79 Å². The van der Waals surface area contributed by atoms with Crippen LogP contribution in [0.25, 0.3) is 10.9 Å². The second-order valence-corrected chi connectivity index (χ2v) is 10.1. The second-order valence-electron chi connectivity index (χ2n) is 8.70. The fourth-order valence-electron chi connectivity index (χ4n) is 4.15. The summed E-state index contributed by atoms with van der Waals surface area (Å²) in [4.78, 5) is 19.3. The zero-order valence-electron chi connectivity index (χ0n) is 21.0. The Morgan fingerprint density at radius 1 is 1.06 bits per heavy atom. The summed E-state index contributed by atoms with van der Waals surface area (Å²) in [6.45, 7) is 5.79. The molecule has 4 aromatic rings. The predicted molar refractivity (Wildman–Crippen MR) is 151 cm³/mol. The van der Waals surface area contributed by atoms with Crippen LogP contribution in [0.5, 0.6) is 11.5 Å². The number of ether oxygens (including phenoxy) is 2. The van der Waals surface area contributed by atoms with Crippen LogP contribution in [0.15, 0.2) is 58.7 Å². The monoisotopic (exact) mass is 521 g/mol. The van der Waals surface area contributed by atoms with Crippen LogP contribution in [0, 0.1) is 13.8 Å². The molecule has 0 saturated carbocycles. The summed E-state index contributed by atoms with van der Waals surface area (Å²) in [5.41, 5.74) is 4.87. The van der Waals surface area contributed by atoms with Crippen LogP contribution in [0.2, 0.25) is 0 Å². The molecule has 0 amide bonds. The van der Waals surface area contributed by atoms with Crippen LogP contribution < -0.4 is 20.3 Å². The van der Waals surface area contributed by atoms with Crippen molar-refractivity contribution in [2.75, 3.05) is 20.8 Å². The van der Waals surface area contributed by atoms with Gasteiger partial charge >= 0.3 is 0 Å². The Hall–Kier alpha value is -3.36. The quantitative estimate of drug-likeness (QED) is 0.290. The van der Waals surface area contributed by atoms with E-state index in [0.29, 0.717) is 41.8 Å². The highest BCUT2D eigenvalue weighted by molar-refractivity contribution is 7.80. The van der Waals surface area contributed by atoms with E-state index in [9.17, 15) is 4.79 Å². The number of H-pyrrole nitrogens is 1. The molecule has 0 aliphatic carbocycles. The molecular formula is C28H31N3O3S2. The number of benzene rings is 2. The molecule has 0 saturated heterocycles. The highest BCUT2D eigenvalue weighted by Crippen LogP contribution is 2.27. The molecule has 0 radical (unpaired) electrons. The van der Waals surface area contributed by atoms with Crippen molar-refractivity contribution in [3.05, 3.63) is 91.4 Å². The molecule has 2 aromatic carbocycles. The summed E-state index contributed by atoms with van der Waals surface area (Å²) in [6.07, 6.45) is 0.766. The van der Waals surface area contributed by atoms with Gasteiger partial charge in [0.25, 0.3) is 5.56 Å². The molecule has 0 aliphatic heterocycles. The van der Waals surface area contributed by atoms with Gasteiger partial charge in [-0.15, -0.1) is 11.3 Å². The van der Waals surface area contributed by atoms with Crippen molar-refractivity contribution in [1.29, 1.82) is 0 Å². The maximum Gasteiger partial charge on any atom is 0.253 e. The summed E-state index contributed by atoms with van der Waals surface area (Å²) in [6, 6.07) is 16.1. The zero-order valence-corrected chi connectivity index (χ0v) is 22.6. The minimum Gasteiger partial charge on any atom is -0.493 e. The van der Waals surface area contributed by atoms with Crippen LogP contribution >= 0.6 is 23.6 Å². The average molecular weight is 522 g/mol. The third-order valence-corrected chi connectivity index (χ3v) is 7.60. The molecule has 0 aliphatic rings. The molecule has 4 rings (SSSR count). The van der Waals surface area contributed by atoms with Gasteiger partial charge in [-0.2, -0.15) is 0 Å². The number of rotatable bonds is 9. The molecule has 8 heteroatoms. The zero-order chi connectivity index (χ0) is 25.7. The van der Waals surface area contributed by atoms with E-state index in [1.54, 1.807) is 25.6 Å². The number of aromatic nitrogens is 1. The molecule has 0 spiro atoms. The lowest BCUT2D eigenvalue weighted by atomic mass is 10.0. The van der Waals surface area contributed by atoms with Crippen molar-refractivity contribution >= 4 is 39.6 Å². The molecule has 36 heavy (non-hydrogen) atoms. The first-order valence-electron chi connectivity index (χ1n) is 11.8. The minimum absolute atomic E-state index is 0.0829. The normalized spacial score (nSPS) is 10.9. The number of pyridine rings is 1. The van der Waals surface area contributed by atoms with Gasteiger partial charge in [0.1, 0.15) is 0 Å². The van der Waals surface area contributed by atoms with E-state index in [1.807, 2.05) is 42.2 Å². The predicted octanol–water partition coefficient (Wildman–Crippen LogP) is 5.34. The van der Waals surface area contributed by atoms with Crippen molar-refractivity contribution in [3.63, 3.8) is 0 Å². The number of aryl methyl sites for hydroxylation is 2. The SMILES string of the molecule is COc1ccc(CCNC(=S)N(Cc2cccs2)Cc2cc3ccc(C)c(C)c3[nH]c2=O)cc1OC. The second kappa shape index (κ2) is 11.6. The van der Waals surface area contributed by atoms with E-state index in [0.717, 1.165) is 34.0 Å². The lowest BCUT2D eigenvalue weighted by Crippen LogP contribution is -2.40. The summed E-state index contributed by atoms with van der Waals surface area (Å²) in [5.74, 6) is 1.41. The smallest absolute Gasteiger partial charge is 0.253 e. The fourth-order valence-corrected chi connectivity index (χ4v) is 5.10. The van der Waals surface area contributed by atoms with Crippen molar-refractivity contribution in [3.8, 4) is 11.5 Å². The largest absolute Gasteiger partial charge is 0.493 e. The van der Waals surface area contributed by atoms with Crippen LogP contribution in [0.4, 0.5) is 0 Å². The summed E-state index contributed by atoms with van der Waals surface area (Å²) < 4.78 is 10.7. The van der Waals surface area contributed by atoms with Gasteiger partial charge in [0.2, 0.25) is 0 Å². The van der Waals surface area contributed by atoms with Gasteiger partial charge in [-0.1, -0.05) is 24.3 Å². The number of nitrogens with zero attached hydrogens (tertiary/aromatic N) is 1. The van der Waals surface area contributed by atoms with Crippen LogP contribution in [-0.2, 0) is 19.5 Å². The van der Waals surface area contributed by atoms with Gasteiger partial charge in [0, 0.05) is 17.0 Å². The third kappa shape index (κ3) is 5.88. The Bertz CT molecular complexity index is 1410. The van der Waals surface area contributed by atoms with Gasteiger partial charge in [0.05, 0.1) is 32.8 Å². The molecule has 0 fully saturated rings. The number of methoxy groups -OCH3 is 2. The van der Waals surface area contributed by atoms with Crippen molar-refractivity contribution in [2.24, 2.45) is 0 Å². The van der Waals surface area contributed by atoms with E-state index in [4.69, 9.17) is 21.7 Å². The fraction of sp³-hybridized carbons (Fsp3) is 0.286. The van der Waals surface area contributed by atoms with E-state index in [-0.39, 0.29) is 5.56 Å². The van der Waals surface area contributed by atoms with Crippen LogP contribution in [0.3, 0.4) is 0 Å². The molecule has 188 valence electrons. The van der Waals surface area contributed by atoms with Gasteiger partial charge in [-0.25, -0.2) is 0 Å². The first-order chi connectivity index (χ1) is 17.4. The Balaban J connectivity index is 1.50. The Labute approximate surface area is 220 Å². The van der Waals surface area contributed by atoms with E-state index in [1.165, 1.54) is 4.88 Å². The number of thiophene rings is 1. The molecule has 0 bridgehead atoms. The van der Waals surface area contributed by atoms with E-state index >= 15 is 0 Å². The molecule has 0 atom stereocenters.